The van der Waals surface area contributed by atoms with Gasteiger partial charge in [-0.15, -0.1) is 0 Å². The van der Waals surface area contributed by atoms with Crippen molar-refractivity contribution in [3.63, 3.8) is 0 Å². The van der Waals surface area contributed by atoms with Crippen LogP contribution in [0.15, 0.2) is 48.5 Å². The molecule has 0 unspecified atom stereocenters. The fraction of sp³-hybridized carbons (Fsp3) is 0.143. The molecular formula is C14H14F2N2. The van der Waals surface area contributed by atoms with Crippen molar-refractivity contribution in [2.45, 2.75) is 6.43 Å². The summed E-state index contributed by atoms with van der Waals surface area (Å²) in [6, 6.07) is 13.9. The highest BCUT2D eigenvalue weighted by Crippen LogP contribution is 2.34. The first-order chi connectivity index (χ1) is 8.59. The van der Waals surface area contributed by atoms with E-state index in [4.69, 9.17) is 5.73 Å². The summed E-state index contributed by atoms with van der Waals surface area (Å²) in [6.07, 6.45) is -2.55. The summed E-state index contributed by atoms with van der Waals surface area (Å²) >= 11 is 0. The van der Waals surface area contributed by atoms with Gasteiger partial charge in [-0.05, 0) is 30.3 Å². The number of alkyl halides is 2. The Kier molecular flexibility index (Phi) is 3.46. The van der Waals surface area contributed by atoms with E-state index in [0.717, 1.165) is 5.69 Å². The number of para-hydroxylation sites is 1. The first kappa shape index (κ1) is 12.4. The van der Waals surface area contributed by atoms with Crippen LogP contribution in [-0.2, 0) is 0 Å². The molecule has 0 aromatic heterocycles. The zero-order valence-corrected chi connectivity index (χ0v) is 9.98. The van der Waals surface area contributed by atoms with E-state index in [0.29, 0.717) is 11.4 Å². The Morgan fingerprint density at radius 3 is 2.33 bits per heavy atom. The van der Waals surface area contributed by atoms with Gasteiger partial charge in [0.25, 0.3) is 6.43 Å². The first-order valence-corrected chi connectivity index (χ1v) is 5.56. The van der Waals surface area contributed by atoms with Crippen LogP contribution in [0.5, 0.6) is 0 Å². The Balaban J connectivity index is 2.45. The molecule has 0 bridgehead atoms. The molecule has 0 heterocycles. The SMILES string of the molecule is CN(c1ccccc1)c1ccc(N)cc1C(F)F. The molecule has 0 amide bonds. The fourth-order valence-electron chi connectivity index (χ4n) is 1.84. The molecule has 2 nitrogen and oxygen atoms in total. The third kappa shape index (κ3) is 2.42. The molecule has 0 aliphatic rings. The maximum absolute atomic E-state index is 13.0. The van der Waals surface area contributed by atoms with Crippen LogP contribution < -0.4 is 10.6 Å². The molecular weight excluding hydrogens is 234 g/mol. The van der Waals surface area contributed by atoms with Crippen LogP contribution in [0.2, 0.25) is 0 Å². The summed E-state index contributed by atoms with van der Waals surface area (Å²) in [7, 11) is 1.76. The van der Waals surface area contributed by atoms with Crippen molar-refractivity contribution < 1.29 is 8.78 Å². The molecule has 0 radical (unpaired) electrons. The summed E-state index contributed by atoms with van der Waals surface area (Å²) in [6.45, 7) is 0. The van der Waals surface area contributed by atoms with Gasteiger partial charge in [-0.1, -0.05) is 18.2 Å². The molecule has 0 saturated heterocycles. The standard InChI is InChI=1S/C14H14F2N2/c1-18(11-5-3-2-4-6-11)13-8-7-10(17)9-12(13)14(15)16/h2-9,14H,17H2,1H3. The Morgan fingerprint density at radius 2 is 1.72 bits per heavy atom. The van der Waals surface area contributed by atoms with Gasteiger partial charge in [-0.3, -0.25) is 0 Å². The van der Waals surface area contributed by atoms with Gasteiger partial charge >= 0.3 is 0 Å². The monoisotopic (exact) mass is 248 g/mol. The van der Waals surface area contributed by atoms with Gasteiger partial charge in [-0.25, -0.2) is 8.78 Å². The molecule has 0 aliphatic heterocycles. The highest BCUT2D eigenvalue weighted by molar-refractivity contribution is 5.68. The maximum atomic E-state index is 13.0. The summed E-state index contributed by atoms with van der Waals surface area (Å²) in [5, 5.41) is 0. The molecule has 0 saturated carbocycles. The zero-order valence-electron chi connectivity index (χ0n) is 9.98. The molecule has 2 aromatic rings. The van der Waals surface area contributed by atoms with Gasteiger partial charge < -0.3 is 10.6 Å². The third-order valence-corrected chi connectivity index (χ3v) is 2.79. The summed E-state index contributed by atoms with van der Waals surface area (Å²) in [4.78, 5) is 1.72. The molecule has 0 fully saturated rings. The van der Waals surface area contributed by atoms with Crippen molar-refractivity contribution in [2.24, 2.45) is 0 Å². The van der Waals surface area contributed by atoms with Crippen molar-refractivity contribution in [1.82, 2.24) is 0 Å². The van der Waals surface area contributed by atoms with Crippen molar-refractivity contribution in [3.8, 4) is 0 Å². The van der Waals surface area contributed by atoms with Gasteiger partial charge in [0.2, 0.25) is 0 Å². The molecule has 18 heavy (non-hydrogen) atoms. The quantitative estimate of drug-likeness (QED) is 0.832. The van der Waals surface area contributed by atoms with E-state index in [-0.39, 0.29) is 5.56 Å². The predicted octanol–water partition coefficient (Wildman–Crippen LogP) is 3.97. The second-order valence-electron chi connectivity index (χ2n) is 4.01. The normalized spacial score (nSPS) is 10.7. The van der Waals surface area contributed by atoms with E-state index in [1.807, 2.05) is 30.3 Å². The Bertz CT molecular complexity index is 527. The predicted molar refractivity (Wildman–Crippen MR) is 70.3 cm³/mol. The lowest BCUT2D eigenvalue weighted by molar-refractivity contribution is 0.152. The molecule has 94 valence electrons. The van der Waals surface area contributed by atoms with E-state index in [1.54, 1.807) is 24.1 Å². The fourth-order valence-corrected chi connectivity index (χ4v) is 1.84. The molecule has 2 N–H and O–H groups in total. The van der Waals surface area contributed by atoms with Crippen LogP contribution >= 0.6 is 0 Å². The largest absolute Gasteiger partial charge is 0.399 e. The van der Waals surface area contributed by atoms with Crippen LogP contribution in [0.25, 0.3) is 0 Å². The Labute approximate surface area is 105 Å². The number of nitrogen functional groups attached to an aromatic ring is 1. The average molecular weight is 248 g/mol. The number of benzene rings is 2. The van der Waals surface area contributed by atoms with Crippen molar-refractivity contribution in [2.75, 3.05) is 17.7 Å². The lowest BCUT2D eigenvalue weighted by atomic mass is 10.1. The lowest BCUT2D eigenvalue weighted by Gasteiger charge is -2.22. The number of anilines is 3. The number of rotatable bonds is 3. The minimum atomic E-state index is -2.55. The van der Waals surface area contributed by atoms with E-state index in [1.165, 1.54) is 6.07 Å². The first-order valence-electron chi connectivity index (χ1n) is 5.56. The smallest absolute Gasteiger partial charge is 0.265 e. The Morgan fingerprint density at radius 1 is 1.06 bits per heavy atom. The molecule has 0 spiro atoms. The summed E-state index contributed by atoms with van der Waals surface area (Å²) in [5.74, 6) is 0. The van der Waals surface area contributed by atoms with Crippen molar-refractivity contribution in [1.29, 1.82) is 0 Å². The number of halogens is 2. The highest BCUT2D eigenvalue weighted by Gasteiger charge is 2.16. The minimum absolute atomic E-state index is 0.0543. The summed E-state index contributed by atoms with van der Waals surface area (Å²) < 4.78 is 26.0. The van der Waals surface area contributed by atoms with E-state index in [9.17, 15) is 8.78 Å². The lowest BCUT2D eigenvalue weighted by Crippen LogP contribution is -2.12. The van der Waals surface area contributed by atoms with Crippen molar-refractivity contribution in [3.05, 3.63) is 54.1 Å². The number of nitrogens with two attached hydrogens (primary N) is 1. The average Bonchev–Trinajstić information content (AvgIpc) is 2.39. The van der Waals surface area contributed by atoms with E-state index < -0.39 is 6.43 Å². The molecule has 0 aliphatic carbocycles. The minimum Gasteiger partial charge on any atom is -0.399 e. The maximum Gasteiger partial charge on any atom is 0.265 e. The molecule has 2 aromatic carbocycles. The van der Waals surface area contributed by atoms with Crippen LogP contribution in [0.3, 0.4) is 0 Å². The second-order valence-corrected chi connectivity index (χ2v) is 4.01. The van der Waals surface area contributed by atoms with Gasteiger partial charge in [0.1, 0.15) is 0 Å². The van der Waals surface area contributed by atoms with Crippen LogP contribution in [0.4, 0.5) is 25.8 Å². The van der Waals surface area contributed by atoms with Crippen LogP contribution in [-0.4, -0.2) is 7.05 Å². The topological polar surface area (TPSA) is 29.3 Å². The molecule has 2 rings (SSSR count). The van der Waals surface area contributed by atoms with Crippen molar-refractivity contribution >= 4 is 17.1 Å². The zero-order chi connectivity index (χ0) is 13.1. The summed E-state index contributed by atoms with van der Waals surface area (Å²) in [5.41, 5.74) is 7.16. The van der Waals surface area contributed by atoms with Gasteiger partial charge in [0.05, 0.1) is 0 Å². The van der Waals surface area contributed by atoms with Gasteiger partial charge in [0.15, 0.2) is 0 Å². The second kappa shape index (κ2) is 5.04. The third-order valence-electron chi connectivity index (χ3n) is 2.79. The highest BCUT2D eigenvalue weighted by atomic mass is 19.3. The van der Waals surface area contributed by atoms with E-state index in [2.05, 4.69) is 0 Å². The van der Waals surface area contributed by atoms with Crippen LogP contribution in [0.1, 0.15) is 12.0 Å². The number of hydrogen-bond acceptors (Lipinski definition) is 2. The van der Waals surface area contributed by atoms with Crippen LogP contribution in [0, 0.1) is 0 Å². The molecule has 4 heteroatoms. The van der Waals surface area contributed by atoms with E-state index >= 15 is 0 Å². The number of hydrogen-bond donors (Lipinski definition) is 1. The Hall–Kier alpha value is -2.10. The van der Waals surface area contributed by atoms with Gasteiger partial charge in [-0.2, -0.15) is 0 Å². The number of nitrogens with zero attached hydrogens (tertiary/aromatic N) is 1. The molecule has 0 atom stereocenters. The van der Waals surface area contributed by atoms with Gasteiger partial charge in [0, 0.05) is 29.7 Å².